The van der Waals surface area contributed by atoms with Gasteiger partial charge in [-0.25, -0.2) is 4.98 Å². The van der Waals surface area contributed by atoms with Crippen LogP contribution in [0, 0.1) is 0 Å². The second-order valence-electron chi connectivity index (χ2n) is 7.15. The van der Waals surface area contributed by atoms with Crippen LogP contribution in [0.1, 0.15) is 47.3 Å². The highest BCUT2D eigenvalue weighted by Crippen LogP contribution is 2.22. The van der Waals surface area contributed by atoms with Gasteiger partial charge in [-0.3, -0.25) is 9.78 Å². The van der Waals surface area contributed by atoms with Crippen molar-refractivity contribution in [2.75, 3.05) is 0 Å². The van der Waals surface area contributed by atoms with Crippen molar-refractivity contribution in [3.63, 3.8) is 0 Å². The first-order valence-corrected chi connectivity index (χ1v) is 9.47. The average molecular weight is 361 g/mol. The standard InChI is InChI=1S/C22H23N3O2/c26-21-10-4-3-9-19(21)25-22(27)20-13-16(12-15-6-5-11-23-14-15)17-7-1-2-8-18(17)24-20/h1-2,5-8,11,13-14,19,21,26H,3-4,9-10,12H2,(H,25,27)/t19?,21-/m0/s1. The van der Waals surface area contributed by atoms with Gasteiger partial charge in [-0.2, -0.15) is 0 Å². The summed E-state index contributed by atoms with van der Waals surface area (Å²) in [7, 11) is 0. The summed E-state index contributed by atoms with van der Waals surface area (Å²) < 4.78 is 0. The number of hydrogen-bond acceptors (Lipinski definition) is 4. The molecule has 1 aliphatic rings. The van der Waals surface area contributed by atoms with Crippen molar-refractivity contribution in [3.8, 4) is 0 Å². The number of amides is 1. The van der Waals surface area contributed by atoms with Crippen molar-refractivity contribution in [1.29, 1.82) is 0 Å². The number of hydrogen-bond donors (Lipinski definition) is 2. The van der Waals surface area contributed by atoms with Crippen LogP contribution in [0.5, 0.6) is 0 Å². The number of carbonyl (C=O) groups excluding carboxylic acids is 1. The normalized spacial score (nSPS) is 19.7. The smallest absolute Gasteiger partial charge is 0.270 e. The second-order valence-corrected chi connectivity index (χ2v) is 7.15. The van der Waals surface area contributed by atoms with Gasteiger partial charge < -0.3 is 10.4 Å². The molecule has 4 rings (SSSR count). The summed E-state index contributed by atoms with van der Waals surface area (Å²) in [6.07, 6.45) is 7.39. The first-order chi connectivity index (χ1) is 13.2. The average Bonchev–Trinajstić information content (AvgIpc) is 2.70. The maximum Gasteiger partial charge on any atom is 0.270 e. The Labute approximate surface area is 158 Å². The van der Waals surface area contributed by atoms with Gasteiger partial charge in [0, 0.05) is 17.8 Å². The highest BCUT2D eigenvalue weighted by atomic mass is 16.3. The van der Waals surface area contributed by atoms with Crippen LogP contribution in [0.25, 0.3) is 10.9 Å². The maximum atomic E-state index is 12.8. The minimum Gasteiger partial charge on any atom is -0.391 e. The number of pyridine rings is 2. The molecule has 1 amide bonds. The second kappa shape index (κ2) is 7.84. The Morgan fingerprint density at radius 3 is 2.81 bits per heavy atom. The fraction of sp³-hybridized carbons (Fsp3) is 0.318. The Hall–Kier alpha value is -2.79. The van der Waals surface area contributed by atoms with E-state index in [1.807, 2.05) is 48.7 Å². The number of aliphatic hydroxyl groups excluding tert-OH is 1. The van der Waals surface area contributed by atoms with E-state index in [-0.39, 0.29) is 11.9 Å². The Bertz CT molecular complexity index is 943. The van der Waals surface area contributed by atoms with Crippen LogP contribution in [-0.2, 0) is 6.42 Å². The summed E-state index contributed by atoms with van der Waals surface area (Å²) in [5, 5.41) is 14.2. The number of aliphatic hydroxyl groups is 1. The predicted molar refractivity (Wildman–Crippen MR) is 105 cm³/mol. The highest BCUT2D eigenvalue weighted by molar-refractivity contribution is 5.96. The molecule has 2 N–H and O–H groups in total. The van der Waals surface area contributed by atoms with Crippen molar-refractivity contribution in [2.24, 2.45) is 0 Å². The minimum absolute atomic E-state index is 0.193. The van der Waals surface area contributed by atoms with Crippen molar-refractivity contribution >= 4 is 16.8 Å². The van der Waals surface area contributed by atoms with E-state index in [0.29, 0.717) is 12.1 Å². The molecule has 5 heteroatoms. The molecule has 5 nitrogen and oxygen atoms in total. The fourth-order valence-corrected chi connectivity index (χ4v) is 3.75. The lowest BCUT2D eigenvalue weighted by Crippen LogP contribution is -2.45. The molecule has 0 spiro atoms. The molecule has 27 heavy (non-hydrogen) atoms. The van der Waals surface area contributed by atoms with E-state index in [4.69, 9.17) is 0 Å². The Kier molecular flexibility index (Phi) is 5.12. The van der Waals surface area contributed by atoms with Gasteiger partial charge in [-0.1, -0.05) is 37.1 Å². The van der Waals surface area contributed by atoms with Crippen LogP contribution < -0.4 is 5.32 Å². The van der Waals surface area contributed by atoms with E-state index in [1.54, 1.807) is 6.20 Å². The molecule has 0 radical (unpaired) electrons. The third-order valence-electron chi connectivity index (χ3n) is 5.20. The number of nitrogens with one attached hydrogen (secondary N) is 1. The van der Waals surface area contributed by atoms with E-state index in [1.165, 1.54) is 0 Å². The summed E-state index contributed by atoms with van der Waals surface area (Å²) in [5.41, 5.74) is 3.32. The Morgan fingerprint density at radius 1 is 1.15 bits per heavy atom. The number of benzene rings is 1. The van der Waals surface area contributed by atoms with Gasteiger partial charge in [0.1, 0.15) is 5.69 Å². The van der Waals surface area contributed by atoms with Crippen molar-refractivity contribution < 1.29 is 9.90 Å². The van der Waals surface area contributed by atoms with Crippen LogP contribution in [0.3, 0.4) is 0 Å². The van der Waals surface area contributed by atoms with E-state index >= 15 is 0 Å². The highest BCUT2D eigenvalue weighted by Gasteiger charge is 2.25. The lowest BCUT2D eigenvalue weighted by molar-refractivity contribution is 0.0714. The lowest BCUT2D eigenvalue weighted by atomic mass is 9.92. The lowest BCUT2D eigenvalue weighted by Gasteiger charge is -2.28. The van der Waals surface area contributed by atoms with Crippen LogP contribution in [0.15, 0.2) is 54.9 Å². The summed E-state index contributed by atoms with van der Waals surface area (Å²) in [5.74, 6) is -0.223. The number of rotatable bonds is 4. The number of carbonyl (C=O) groups is 1. The zero-order chi connectivity index (χ0) is 18.6. The van der Waals surface area contributed by atoms with Crippen molar-refractivity contribution in [3.05, 3.63) is 71.7 Å². The molecule has 0 bridgehead atoms. The molecule has 1 aliphatic carbocycles. The number of aromatic nitrogens is 2. The fourth-order valence-electron chi connectivity index (χ4n) is 3.75. The van der Waals surface area contributed by atoms with Crippen LogP contribution >= 0.6 is 0 Å². The molecule has 1 fully saturated rings. The molecule has 138 valence electrons. The minimum atomic E-state index is -0.474. The van der Waals surface area contributed by atoms with Crippen molar-refractivity contribution in [1.82, 2.24) is 15.3 Å². The van der Waals surface area contributed by atoms with Crippen LogP contribution in [0.2, 0.25) is 0 Å². The topological polar surface area (TPSA) is 75.1 Å². The first-order valence-electron chi connectivity index (χ1n) is 9.47. The van der Waals surface area contributed by atoms with E-state index in [9.17, 15) is 9.90 Å². The quantitative estimate of drug-likeness (QED) is 0.748. The third kappa shape index (κ3) is 3.98. The van der Waals surface area contributed by atoms with E-state index in [2.05, 4.69) is 15.3 Å². The van der Waals surface area contributed by atoms with Gasteiger partial charge in [0.15, 0.2) is 0 Å². The Morgan fingerprint density at radius 2 is 2.00 bits per heavy atom. The third-order valence-corrected chi connectivity index (χ3v) is 5.20. The summed E-state index contributed by atoms with van der Waals surface area (Å²) in [4.78, 5) is 21.5. The molecule has 2 atom stereocenters. The molecule has 1 aromatic carbocycles. The predicted octanol–water partition coefficient (Wildman–Crippen LogP) is 3.25. The molecule has 1 unspecified atom stereocenters. The number of nitrogens with zero attached hydrogens (tertiary/aromatic N) is 2. The molecule has 2 aromatic heterocycles. The van der Waals surface area contributed by atoms with E-state index < -0.39 is 6.10 Å². The molecule has 0 saturated heterocycles. The van der Waals surface area contributed by atoms with Crippen molar-refractivity contribution in [2.45, 2.75) is 44.2 Å². The molecule has 1 saturated carbocycles. The summed E-state index contributed by atoms with van der Waals surface area (Å²) in [6.45, 7) is 0. The van der Waals surface area contributed by atoms with Gasteiger partial charge in [0.25, 0.3) is 5.91 Å². The molecule has 3 aromatic rings. The van der Waals surface area contributed by atoms with Gasteiger partial charge in [0.2, 0.25) is 0 Å². The zero-order valence-electron chi connectivity index (χ0n) is 15.1. The first kappa shape index (κ1) is 17.6. The number of para-hydroxylation sites is 1. The van der Waals surface area contributed by atoms with Crippen LogP contribution in [-0.4, -0.2) is 33.1 Å². The SMILES string of the molecule is O=C(NC1CCCC[C@@H]1O)c1cc(Cc2cccnc2)c2ccccc2n1. The monoisotopic (exact) mass is 361 g/mol. The molecular formula is C22H23N3O2. The summed E-state index contributed by atoms with van der Waals surface area (Å²) >= 11 is 0. The molecule has 0 aliphatic heterocycles. The maximum absolute atomic E-state index is 12.8. The summed E-state index contributed by atoms with van der Waals surface area (Å²) in [6, 6.07) is 13.5. The Balaban J connectivity index is 1.65. The number of fused-ring (bicyclic) bond motifs is 1. The van der Waals surface area contributed by atoms with Crippen LogP contribution in [0.4, 0.5) is 0 Å². The van der Waals surface area contributed by atoms with Gasteiger partial charge in [-0.15, -0.1) is 0 Å². The van der Waals surface area contributed by atoms with Gasteiger partial charge >= 0.3 is 0 Å². The zero-order valence-corrected chi connectivity index (χ0v) is 15.1. The molecular weight excluding hydrogens is 338 g/mol. The molecule has 2 heterocycles. The largest absolute Gasteiger partial charge is 0.391 e. The van der Waals surface area contributed by atoms with Gasteiger partial charge in [0.05, 0.1) is 17.7 Å². The van der Waals surface area contributed by atoms with Gasteiger partial charge in [-0.05, 0) is 48.6 Å². The van der Waals surface area contributed by atoms with E-state index in [0.717, 1.165) is 47.7 Å².